The number of nitrogens with one attached hydrogen (secondary N) is 1. The summed E-state index contributed by atoms with van der Waals surface area (Å²) >= 11 is 12.3. The van der Waals surface area contributed by atoms with Gasteiger partial charge in [0, 0.05) is 66.7 Å². The number of hydrogen-bond donors (Lipinski definition) is 1. The van der Waals surface area contributed by atoms with E-state index in [9.17, 15) is 4.79 Å². The van der Waals surface area contributed by atoms with Crippen LogP contribution < -0.4 is 10.2 Å². The Morgan fingerprint density at radius 3 is 2.31 bits per heavy atom. The fraction of sp³-hybridized carbons (Fsp3) is 0.536. The summed E-state index contributed by atoms with van der Waals surface area (Å²) < 4.78 is 0. The van der Waals surface area contributed by atoms with Gasteiger partial charge in [0.15, 0.2) is 0 Å². The molecular weight excluding hydrogens is 479 g/mol. The maximum atomic E-state index is 13.2. The zero-order chi connectivity index (χ0) is 24.6. The fourth-order valence-corrected chi connectivity index (χ4v) is 6.54. The molecule has 0 atom stereocenters. The smallest absolute Gasteiger partial charge is 0.322 e. The van der Waals surface area contributed by atoms with Gasteiger partial charge in [0.25, 0.3) is 0 Å². The quantitative estimate of drug-likeness (QED) is 0.490. The molecule has 5 rings (SSSR count). The van der Waals surface area contributed by atoms with E-state index in [1.165, 1.54) is 42.5 Å². The van der Waals surface area contributed by atoms with Crippen LogP contribution in [-0.4, -0.2) is 54.6 Å². The van der Waals surface area contributed by atoms with Gasteiger partial charge in [-0.15, -0.1) is 0 Å². The summed E-state index contributed by atoms with van der Waals surface area (Å²) in [7, 11) is 0. The van der Waals surface area contributed by atoms with Crippen molar-refractivity contribution in [2.24, 2.45) is 0 Å². The number of carbonyl (C=O) groups excluding carboxylic acids is 1. The molecule has 0 aromatic heterocycles. The first kappa shape index (κ1) is 24.7. The topological polar surface area (TPSA) is 38.8 Å². The molecule has 2 fully saturated rings. The van der Waals surface area contributed by atoms with Gasteiger partial charge in [-0.25, -0.2) is 4.79 Å². The van der Waals surface area contributed by atoms with Crippen molar-refractivity contribution >= 4 is 40.6 Å². The van der Waals surface area contributed by atoms with E-state index >= 15 is 0 Å². The Morgan fingerprint density at radius 2 is 1.63 bits per heavy atom. The fourth-order valence-electron chi connectivity index (χ4n) is 6.02. The minimum absolute atomic E-state index is 0.00340. The summed E-state index contributed by atoms with van der Waals surface area (Å²) in [6, 6.07) is 12.7. The summed E-state index contributed by atoms with van der Waals surface area (Å²) in [6.07, 6.45) is 6.42. The van der Waals surface area contributed by atoms with Crippen LogP contribution in [0.25, 0.3) is 0 Å². The first-order valence-corrected chi connectivity index (χ1v) is 13.7. The zero-order valence-corrected chi connectivity index (χ0v) is 22.3. The second-order valence-corrected chi connectivity index (χ2v) is 11.8. The Bertz CT molecular complexity index is 1050. The molecule has 2 heterocycles. The van der Waals surface area contributed by atoms with Gasteiger partial charge in [-0.05, 0) is 66.1 Å². The van der Waals surface area contributed by atoms with Gasteiger partial charge < -0.3 is 15.1 Å². The van der Waals surface area contributed by atoms with Crippen molar-refractivity contribution in [3.63, 3.8) is 0 Å². The highest BCUT2D eigenvalue weighted by Crippen LogP contribution is 2.36. The van der Waals surface area contributed by atoms with Crippen LogP contribution in [0.3, 0.4) is 0 Å². The number of halogens is 2. The Hall–Kier alpha value is -1.95. The average molecular weight is 516 g/mol. The number of anilines is 2. The van der Waals surface area contributed by atoms with Crippen molar-refractivity contribution in [3.8, 4) is 0 Å². The minimum atomic E-state index is -0.123. The molecule has 2 amide bonds. The molecule has 0 spiro atoms. The number of benzene rings is 2. The van der Waals surface area contributed by atoms with Crippen LogP contribution in [-0.2, 0) is 12.0 Å². The molecule has 7 heteroatoms. The van der Waals surface area contributed by atoms with Crippen LogP contribution in [0.2, 0.25) is 10.0 Å². The first-order valence-electron chi connectivity index (χ1n) is 12.9. The number of hydrogen-bond acceptors (Lipinski definition) is 3. The van der Waals surface area contributed by atoms with Crippen LogP contribution in [0, 0.1) is 0 Å². The Balaban J connectivity index is 1.31. The highest BCUT2D eigenvalue weighted by molar-refractivity contribution is 6.35. The highest BCUT2D eigenvalue weighted by atomic mass is 35.5. The van der Waals surface area contributed by atoms with Crippen LogP contribution in [0.4, 0.5) is 16.2 Å². The van der Waals surface area contributed by atoms with Gasteiger partial charge >= 0.3 is 6.03 Å². The molecule has 1 aliphatic carbocycles. The molecule has 2 aromatic carbocycles. The third-order valence-corrected chi connectivity index (χ3v) is 8.54. The molecule has 188 valence electrons. The van der Waals surface area contributed by atoms with Crippen molar-refractivity contribution in [1.29, 1.82) is 0 Å². The third kappa shape index (κ3) is 5.58. The van der Waals surface area contributed by atoms with Crippen molar-refractivity contribution in [3.05, 3.63) is 57.6 Å². The third-order valence-electron chi connectivity index (χ3n) is 8.11. The molecule has 35 heavy (non-hydrogen) atoms. The molecule has 1 saturated carbocycles. The number of rotatable bonds is 3. The molecule has 0 radical (unpaired) electrons. The number of amides is 2. The van der Waals surface area contributed by atoms with Crippen molar-refractivity contribution < 1.29 is 4.79 Å². The maximum absolute atomic E-state index is 13.2. The standard InChI is InChI=1S/C28H36Cl2N4O/c1-28(2)9-10-34(27(35)31-23-17-21(29)16-22(30)18-23)19-20-15-25(7-8-26(20)28)33-13-11-32(12-14-33)24-5-3-4-6-24/h7-8,15-18,24H,3-6,9-14,19H2,1-2H3,(H,31,35). The van der Waals surface area contributed by atoms with Crippen LogP contribution in [0.5, 0.6) is 0 Å². The largest absolute Gasteiger partial charge is 0.369 e. The van der Waals surface area contributed by atoms with Crippen molar-refractivity contribution in [1.82, 2.24) is 9.80 Å². The minimum Gasteiger partial charge on any atom is -0.369 e. The lowest BCUT2D eigenvalue weighted by atomic mass is 9.80. The molecule has 1 saturated heterocycles. The maximum Gasteiger partial charge on any atom is 0.322 e. The van der Waals surface area contributed by atoms with Crippen LogP contribution >= 0.6 is 23.2 Å². The van der Waals surface area contributed by atoms with E-state index in [1.54, 1.807) is 18.2 Å². The van der Waals surface area contributed by atoms with Crippen molar-refractivity contribution in [2.45, 2.75) is 64.0 Å². The lowest BCUT2D eigenvalue weighted by Crippen LogP contribution is -2.49. The van der Waals surface area contributed by atoms with Crippen molar-refractivity contribution in [2.75, 3.05) is 42.9 Å². The zero-order valence-electron chi connectivity index (χ0n) is 20.8. The van der Waals surface area contributed by atoms with E-state index in [-0.39, 0.29) is 11.4 Å². The van der Waals surface area contributed by atoms with Gasteiger partial charge in [-0.3, -0.25) is 4.90 Å². The lowest BCUT2D eigenvalue weighted by Gasteiger charge is -2.39. The van der Waals surface area contributed by atoms with Gasteiger partial charge in [-0.1, -0.05) is 56.0 Å². The highest BCUT2D eigenvalue weighted by Gasteiger charge is 2.32. The number of nitrogens with zero attached hydrogens (tertiary/aromatic N) is 3. The number of piperazine rings is 1. The Labute approximate surface area is 219 Å². The monoisotopic (exact) mass is 514 g/mol. The molecule has 3 aliphatic rings. The SMILES string of the molecule is CC1(C)CCN(C(=O)Nc2cc(Cl)cc(Cl)c2)Cc2cc(N3CCN(C4CCCC4)CC3)ccc21. The van der Waals surface area contributed by atoms with E-state index in [1.807, 2.05) is 4.90 Å². The summed E-state index contributed by atoms with van der Waals surface area (Å²) in [4.78, 5) is 20.3. The van der Waals surface area contributed by atoms with Crippen LogP contribution in [0.15, 0.2) is 36.4 Å². The molecule has 0 bridgehead atoms. The average Bonchev–Trinajstić information content (AvgIpc) is 3.31. The Kier molecular flexibility index (Phi) is 7.20. The van der Waals surface area contributed by atoms with E-state index in [4.69, 9.17) is 23.2 Å². The van der Waals surface area contributed by atoms with Gasteiger partial charge in [0.2, 0.25) is 0 Å². The predicted molar refractivity (Wildman–Crippen MR) is 146 cm³/mol. The summed E-state index contributed by atoms with van der Waals surface area (Å²) in [6.45, 7) is 10.3. The van der Waals surface area contributed by atoms with Gasteiger partial charge in [-0.2, -0.15) is 0 Å². The van der Waals surface area contributed by atoms with E-state index in [0.717, 1.165) is 38.6 Å². The van der Waals surface area contributed by atoms with E-state index < -0.39 is 0 Å². The van der Waals surface area contributed by atoms with Gasteiger partial charge in [0.05, 0.1) is 0 Å². The molecule has 5 nitrogen and oxygen atoms in total. The number of fused-ring (bicyclic) bond motifs is 1. The summed E-state index contributed by atoms with van der Waals surface area (Å²) in [5.41, 5.74) is 4.47. The van der Waals surface area contributed by atoms with E-state index in [0.29, 0.717) is 28.8 Å². The van der Waals surface area contributed by atoms with Crippen LogP contribution in [0.1, 0.15) is 57.1 Å². The second kappa shape index (κ2) is 10.2. The Morgan fingerprint density at radius 1 is 0.943 bits per heavy atom. The molecule has 1 N–H and O–H groups in total. The molecule has 2 aromatic rings. The first-order chi connectivity index (χ1) is 16.8. The van der Waals surface area contributed by atoms with Gasteiger partial charge in [0.1, 0.15) is 0 Å². The second-order valence-electron chi connectivity index (χ2n) is 10.9. The summed E-state index contributed by atoms with van der Waals surface area (Å²) in [5, 5.41) is 4.01. The predicted octanol–water partition coefficient (Wildman–Crippen LogP) is 6.77. The molecule has 2 aliphatic heterocycles. The summed E-state index contributed by atoms with van der Waals surface area (Å²) in [5.74, 6) is 0. The normalized spacial score (nSPS) is 21.0. The lowest BCUT2D eigenvalue weighted by molar-refractivity contribution is 0.187. The van der Waals surface area contributed by atoms with E-state index in [2.05, 4.69) is 47.2 Å². The number of carbonyl (C=O) groups is 1. The molecular formula is C28H36Cl2N4O. The number of urea groups is 1. The molecule has 0 unspecified atom stereocenters.